The van der Waals surface area contributed by atoms with Crippen LogP contribution in [0, 0.1) is 6.92 Å². The van der Waals surface area contributed by atoms with E-state index in [1.54, 1.807) is 23.7 Å². The summed E-state index contributed by atoms with van der Waals surface area (Å²) in [6.07, 6.45) is 1.67. The highest BCUT2D eigenvalue weighted by Crippen LogP contribution is 2.27. The lowest BCUT2D eigenvalue weighted by atomic mass is 10.1. The van der Waals surface area contributed by atoms with Crippen LogP contribution in [0.15, 0.2) is 67.7 Å². The average Bonchev–Trinajstić information content (AvgIpc) is 3.30. The zero-order valence-electron chi connectivity index (χ0n) is 14.8. The number of hydrogen-bond donors (Lipinski definition) is 0. The second-order valence-corrected chi connectivity index (χ2v) is 7.93. The first kappa shape index (κ1) is 18.0. The Morgan fingerprint density at radius 1 is 1.11 bits per heavy atom. The van der Waals surface area contributed by atoms with Gasteiger partial charge in [-0.2, -0.15) is 0 Å². The Bertz CT molecular complexity index is 1060. The molecule has 0 atom stereocenters. The van der Waals surface area contributed by atoms with Crippen LogP contribution in [-0.2, 0) is 19.6 Å². The highest BCUT2D eigenvalue weighted by Gasteiger charge is 2.15. The highest BCUT2D eigenvalue weighted by atomic mass is 35.5. The van der Waals surface area contributed by atoms with Crippen molar-refractivity contribution in [3.05, 3.63) is 91.3 Å². The zero-order chi connectivity index (χ0) is 18.8. The van der Waals surface area contributed by atoms with E-state index in [-0.39, 0.29) is 5.63 Å². The standard InChI is InChI=1S/C21H18ClNO3S/c1-14-8-20-18(10-19(14)22)15(9-21(24)26-20)11-23(12-16-4-2-6-25-16)13-17-5-3-7-27-17/h2-10H,11-13H2,1H3. The van der Waals surface area contributed by atoms with Crippen LogP contribution in [0.3, 0.4) is 0 Å². The van der Waals surface area contributed by atoms with Gasteiger partial charge >= 0.3 is 5.63 Å². The average molecular weight is 400 g/mol. The van der Waals surface area contributed by atoms with Crippen molar-refractivity contribution in [1.82, 2.24) is 4.90 Å². The minimum atomic E-state index is -0.353. The molecular formula is C21H18ClNO3S. The molecule has 0 spiro atoms. The summed E-state index contributed by atoms with van der Waals surface area (Å²) >= 11 is 8.03. The van der Waals surface area contributed by atoms with Crippen molar-refractivity contribution in [3.8, 4) is 0 Å². The molecule has 0 N–H and O–H groups in total. The number of aryl methyl sites for hydroxylation is 1. The number of hydrogen-bond acceptors (Lipinski definition) is 5. The summed E-state index contributed by atoms with van der Waals surface area (Å²) in [7, 11) is 0. The van der Waals surface area contributed by atoms with Crippen LogP contribution in [0.2, 0.25) is 5.02 Å². The fourth-order valence-electron chi connectivity index (χ4n) is 3.13. The third-order valence-electron chi connectivity index (χ3n) is 4.42. The van der Waals surface area contributed by atoms with Gasteiger partial charge in [0.05, 0.1) is 12.8 Å². The predicted octanol–water partition coefficient (Wildman–Crippen LogP) is 5.61. The zero-order valence-corrected chi connectivity index (χ0v) is 16.3. The number of thiophene rings is 1. The maximum atomic E-state index is 12.1. The third kappa shape index (κ3) is 4.16. The molecule has 138 valence electrons. The van der Waals surface area contributed by atoms with E-state index in [1.165, 1.54) is 4.88 Å². The van der Waals surface area contributed by atoms with Crippen molar-refractivity contribution >= 4 is 33.9 Å². The van der Waals surface area contributed by atoms with Crippen LogP contribution in [-0.4, -0.2) is 4.90 Å². The lowest BCUT2D eigenvalue weighted by Crippen LogP contribution is -2.22. The molecule has 4 aromatic rings. The van der Waals surface area contributed by atoms with Gasteiger partial charge in [-0.1, -0.05) is 17.7 Å². The Labute approximate surface area is 165 Å². The lowest BCUT2D eigenvalue weighted by molar-refractivity contribution is 0.229. The van der Waals surface area contributed by atoms with E-state index in [2.05, 4.69) is 16.3 Å². The molecule has 27 heavy (non-hydrogen) atoms. The van der Waals surface area contributed by atoms with E-state index in [0.717, 1.165) is 28.8 Å². The van der Waals surface area contributed by atoms with Crippen LogP contribution in [0.5, 0.6) is 0 Å². The summed E-state index contributed by atoms with van der Waals surface area (Å²) in [5.74, 6) is 0.882. The number of fused-ring (bicyclic) bond motifs is 1. The SMILES string of the molecule is Cc1cc2oc(=O)cc(CN(Cc3ccco3)Cc3cccs3)c2cc1Cl. The molecule has 0 amide bonds. The Kier molecular flexibility index (Phi) is 5.16. The number of rotatable bonds is 6. The number of halogens is 1. The van der Waals surface area contributed by atoms with Crippen LogP contribution in [0.1, 0.15) is 21.8 Å². The van der Waals surface area contributed by atoms with Gasteiger partial charge in [-0.05, 0) is 53.8 Å². The van der Waals surface area contributed by atoms with E-state index < -0.39 is 0 Å². The van der Waals surface area contributed by atoms with E-state index >= 15 is 0 Å². The van der Waals surface area contributed by atoms with Gasteiger partial charge in [-0.3, -0.25) is 4.90 Å². The van der Waals surface area contributed by atoms with E-state index in [9.17, 15) is 4.79 Å². The normalized spacial score (nSPS) is 11.5. The molecule has 0 aliphatic rings. The quantitative estimate of drug-likeness (QED) is 0.395. The molecule has 0 aliphatic heterocycles. The van der Waals surface area contributed by atoms with Gasteiger partial charge in [0.2, 0.25) is 0 Å². The molecule has 0 saturated heterocycles. The molecule has 0 bridgehead atoms. The van der Waals surface area contributed by atoms with Gasteiger partial charge in [0.1, 0.15) is 11.3 Å². The van der Waals surface area contributed by atoms with Gasteiger partial charge in [0, 0.05) is 34.4 Å². The molecule has 6 heteroatoms. The van der Waals surface area contributed by atoms with Gasteiger partial charge < -0.3 is 8.83 Å². The number of nitrogens with zero attached hydrogens (tertiary/aromatic N) is 1. The Hall–Kier alpha value is -2.34. The van der Waals surface area contributed by atoms with Gasteiger partial charge in [0.15, 0.2) is 0 Å². The van der Waals surface area contributed by atoms with Gasteiger partial charge in [0.25, 0.3) is 0 Å². The van der Waals surface area contributed by atoms with Crippen molar-refractivity contribution in [2.75, 3.05) is 0 Å². The number of furan rings is 1. The maximum absolute atomic E-state index is 12.1. The first-order valence-corrected chi connectivity index (χ1v) is 9.84. The van der Waals surface area contributed by atoms with Crippen molar-refractivity contribution in [3.63, 3.8) is 0 Å². The second kappa shape index (κ2) is 7.72. The van der Waals surface area contributed by atoms with Crippen molar-refractivity contribution < 1.29 is 8.83 Å². The molecular weight excluding hydrogens is 382 g/mol. The summed E-state index contributed by atoms with van der Waals surface area (Å²) in [6, 6.07) is 13.2. The van der Waals surface area contributed by atoms with Gasteiger partial charge in [-0.25, -0.2) is 4.79 Å². The van der Waals surface area contributed by atoms with Gasteiger partial charge in [-0.15, -0.1) is 11.3 Å². The van der Waals surface area contributed by atoms with Crippen LogP contribution >= 0.6 is 22.9 Å². The molecule has 3 heterocycles. The van der Waals surface area contributed by atoms with E-state index in [1.807, 2.05) is 37.3 Å². The maximum Gasteiger partial charge on any atom is 0.336 e. The van der Waals surface area contributed by atoms with Crippen molar-refractivity contribution in [1.29, 1.82) is 0 Å². The first-order chi connectivity index (χ1) is 13.1. The third-order valence-corrected chi connectivity index (χ3v) is 5.69. The Balaban J connectivity index is 1.71. The van der Waals surface area contributed by atoms with E-state index in [4.69, 9.17) is 20.4 Å². The summed E-state index contributed by atoms with van der Waals surface area (Å²) in [4.78, 5) is 15.6. The monoisotopic (exact) mass is 399 g/mol. The molecule has 0 fully saturated rings. The molecule has 0 saturated carbocycles. The van der Waals surface area contributed by atoms with E-state index in [0.29, 0.717) is 23.7 Å². The fourth-order valence-corrected chi connectivity index (χ4v) is 4.04. The molecule has 1 aromatic carbocycles. The highest BCUT2D eigenvalue weighted by molar-refractivity contribution is 7.09. The molecule has 3 aromatic heterocycles. The van der Waals surface area contributed by atoms with Crippen molar-refractivity contribution in [2.24, 2.45) is 0 Å². The largest absolute Gasteiger partial charge is 0.468 e. The van der Waals surface area contributed by atoms with Crippen LogP contribution in [0.25, 0.3) is 11.0 Å². The fraction of sp³-hybridized carbons (Fsp3) is 0.190. The topological polar surface area (TPSA) is 46.6 Å². The molecule has 0 aliphatic carbocycles. The molecule has 0 unspecified atom stereocenters. The summed E-state index contributed by atoms with van der Waals surface area (Å²) in [5, 5.41) is 3.59. The molecule has 4 rings (SSSR count). The van der Waals surface area contributed by atoms with Crippen LogP contribution in [0.4, 0.5) is 0 Å². The van der Waals surface area contributed by atoms with Crippen LogP contribution < -0.4 is 5.63 Å². The summed E-state index contributed by atoms with van der Waals surface area (Å²) < 4.78 is 10.9. The minimum Gasteiger partial charge on any atom is -0.468 e. The second-order valence-electron chi connectivity index (χ2n) is 6.49. The Morgan fingerprint density at radius 3 is 2.74 bits per heavy atom. The lowest BCUT2D eigenvalue weighted by Gasteiger charge is -2.21. The Morgan fingerprint density at radius 2 is 2.00 bits per heavy atom. The smallest absolute Gasteiger partial charge is 0.336 e. The predicted molar refractivity (Wildman–Crippen MR) is 108 cm³/mol. The first-order valence-electron chi connectivity index (χ1n) is 8.58. The molecule has 0 radical (unpaired) electrons. The number of benzene rings is 1. The summed E-state index contributed by atoms with van der Waals surface area (Å²) in [6.45, 7) is 3.89. The molecule has 4 nitrogen and oxygen atoms in total. The van der Waals surface area contributed by atoms with Crippen molar-refractivity contribution in [2.45, 2.75) is 26.6 Å². The minimum absolute atomic E-state index is 0.353. The summed E-state index contributed by atoms with van der Waals surface area (Å²) in [5.41, 5.74) is 1.99.